The van der Waals surface area contributed by atoms with Gasteiger partial charge >= 0.3 is 0 Å². The van der Waals surface area contributed by atoms with E-state index < -0.39 is 0 Å². The van der Waals surface area contributed by atoms with E-state index in [4.69, 9.17) is 4.98 Å². The van der Waals surface area contributed by atoms with Crippen LogP contribution in [-0.4, -0.2) is 51.9 Å². The van der Waals surface area contributed by atoms with Crippen LogP contribution in [0.1, 0.15) is 5.82 Å². The van der Waals surface area contributed by atoms with Crippen LogP contribution < -0.4 is 0 Å². The highest BCUT2D eigenvalue weighted by Gasteiger charge is 2.19. The van der Waals surface area contributed by atoms with Crippen LogP contribution in [0.3, 0.4) is 0 Å². The molecule has 0 spiro atoms. The van der Waals surface area contributed by atoms with E-state index in [1.54, 1.807) is 0 Å². The maximum Gasteiger partial charge on any atom is 0.209 e. The molecule has 5 heteroatoms. The standard InChI is InChI=1S/C19H20N4O/c24-15-22-12-10-21(11-13-22)14-19-20-17-8-4-5-9-18(17)23(19)16-6-2-1-3-7-16/h1-9,15H,10-14H2. The Morgan fingerprint density at radius 3 is 2.38 bits per heavy atom. The Kier molecular flexibility index (Phi) is 4.01. The van der Waals surface area contributed by atoms with Crippen molar-refractivity contribution in [1.82, 2.24) is 19.4 Å². The quantitative estimate of drug-likeness (QED) is 0.693. The lowest BCUT2D eigenvalue weighted by Crippen LogP contribution is -2.45. The van der Waals surface area contributed by atoms with Gasteiger partial charge in [-0.1, -0.05) is 30.3 Å². The summed E-state index contributed by atoms with van der Waals surface area (Å²) in [5.41, 5.74) is 3.28. The van der Waals surface area contributed by atoms with Crippen LogP contribution in [0.5, 0.6) is 0 Å². The summed E-state index contributed by atoms with van der Waals surface area (Å²) in [7, 11) is 0. The van der Waals surface area contributed by atoms with E-state index in [0.717, 1.165) is 61.7 Å². The van der Waals surface area contributed by atoms with Gasteiger partial charge in [-0.3, -0.25) is 14.3 Å². The molecule has 0 unspecified atom stereocenters. The topological polar surface area (TPSA) is 41.4 Å². The zero-order valence-electron chi connectivity index (χ0n) is 13.5. The summed E-state index contributed by atoms with van der Waals surface area (Å²) < 4.78 is 2.24. The number of carbonyl (C=O) groups excluding carboxylic acids is 1. The van der Waals surface area contributed by atoms with Crippen molar-refractivity contribution in [3.05, 3.63) is 60.4 Å². The molecular formula is C19H20N4O. The van der Waals surface area contributed by atoms with E-state index in [2.05, 4.69) is 51.9 Å². The molecule has 1 aliphatic rings. The smallest absolute Gasteiger partial charge is 0.209 e. The van der Waals surface area contributed by atoms with Crippen LogP contribution in [0.15, 0.2) is 54.6 Å². The number of fused-ring (bicyclic) bond motifs is 1. The molecule has 2 heterocycles. The third-order valence-electron chi connectivity index (χ3n) is 4.57. The first kappa shape index (κ1) is 14.9. The third kappa shape index (κ3) is 2.78. The van der Waals surface area contributed by atoms with Crippen LogP contribution in [0.4, 0.5) is 0 Å². The second-order valence-electron chi connectivity index (χ2n) is 6.11. The number of aromatic nitrogens is 2. The van der Waals surface area contributed by atoms with Crippen LogP contribution >= 0.6 is 0 Å². The van der Waals surface area contributed by atoms with Crippen LogP contribution in [0.2, 0.25) is 0 Å². The van der Waals surface area contributed by atoms with Gasteiger partial charge in [0, 0.05) is 31.9 Å². The van der Waals surface area contributed by atoms with Gasteiger partial charge in [0.15, 0.2) is 0 Å². The zero-order valence-corrected chi connectivity index (χ0v) is 13.5. The van der Waals surface area contributed by atoms with Crippen LogP contribution in [0, 0.1) is 0 Å². The van der Waals surface area contributed by atoms with Crippen molar-refractivity contribution in [3.8, 4) is 5.69 Å². The van der Waals surface area contributed by atoms with E-state index in [-0.39, 0.29) is 0 Å². The number of amides is 1. The summed E-state index contributed by atoms with van der Waals surface area (Å²) in [6.45, 7) is 4.13. The van der Waals surface area contributed by atoms with Crippen molar-refractivity contribution in [2.24, 2.45) is 0 Å². The van der Waals surface area contributed by atoms with Gasteiger partial charge in [0.05, 0.1) is 17.6 Å². The molecular weight excluding hydrogens is 300 g/mol. The maximum atomic E-state index is 10.9. The summed E-state index contributed by atoms with van der Waals surface area (Å²) in [6, 6.07) is 18.6. The number of piperazine rings is 1. The zero-order chi connectivity index (χ0) is 16.4. The van der Waals surface area contributed by atoms with E-state index >= 15 is 0 Å². The lowest BCUT2D eigenvalue weighted by Gasteiger charge is -2.32. The molecule has 4 rings (SSSR count). The molecule has 0 radical (unpaired) electrons. The van der Waals surface area contributed by atoms with Crippen molar-refractivity contribution in [1.29, 1.82) is 0 Å². The van der Waals surface area contributed by atoms with E-state index in [0.29, 0.717) is 0 Å². The Hall–Kier alpha value is -2.66. The van der Waals surface area contributed by atoms with E-state index in [9.17, 15) is 4.79 Å². The highest BCUT2D eigenvalue weighted by atomic mass is 16.1. The monoisotopic (exact) mass is 320 g/mol. The van der Waals surface area contributed by atoms with Gasteiger partial charge in [-0.05, 0) is 24.3 Å². The normalized spacial score (nSPS) is 15.8. The molecule has 5 nitrogen and oxygen atoms in total. The molecule has 0 saturated carbocycles. The van der Waals surface area contributed by atoms with Gasteiger partial charge in [0.25, 0.3) is 0 Å². The molecule has 1 fully saturated rings. The molecule has 24 heavy (non-hydrogen) atoms. The van der Waals surface area contributed by atoms with Gasteiger partial charge in [0.2, 0.25) is 6.41 Å². The summed E-state index contributed by atoms with van der Waals surface area (Å²) in [4.78, 5) is 19.9. The second-order valence-corrected chi connectivity index (χ2v) is 6.11. The van der Waals surface area contributed by atoms with Gasteiger partial charge in [-0.15, -0.1) is 0 Å². The molecule has 1 saturated heterocycles. The first-order valence-electron chi connectivity index (χ1n) is 8.28. The molecule has 1 aromatic heterocycles. The first-order chi connectivity index (χ1) is 11.8. The lowest BCUT2D eigenvalue weighted by atomic mass is 10.2. The molecule has 1 amide bonds. The minimum absolute atomic E-state index is 0.787. The molecule has 1 aliphatic heterocycles. The predicted molar refractivity (Wildman–Crippen MR) is 94.0 cm³/mol. The summed E-state index contributed by atoms with van der Waals surface area (Å²) >= 11 is 0. The fourth-order valence-corrected chi connectivity index (χ4v) is 3.27. The summed E-state index contributed by atoms with van der Waals surface area (Å²) in [5, 5.41) is 0. The van der Waals surface area contributed by atoms with E-state index in [1.807, 2.05) is 17.0 Å². The molecule has 3 aromatic rings. The largest absolute Gasteiger partial charge is 0.343 e. The van der Waals surface area contributed by atoms with Gasteiger partial charge in [-0.2, -0.15) is 0 Å². The molecule has 0 N–H and O–H groups in total. The average Bonchev–Trinajstić information content (AvgIpc) is 3.01. The van der Waals surface area contributed by atoms with E-state index in [1.165, 1.54) is 0 Å². The van der Waals surface area contributed by atoms with Gasteiger partial charge < -0.3 is 4.90 Å². The van der Waals surface area contributed by atoms with Crippen molar-refractivity contribution in [2.75, 3.05) is 26.2 Å². The molecule has 0 atom stereocenters. The first-order valence-corrected chi connectivity index (χ1v) is 8.28. The second kappa shape index (κ2) is 6.45. The number of imidazole rings is 1. The predicted octanol–water partition coefficient (Wildman–Crippen LogP) is 2.30. The Labute approximate surface area is 141 Å². The molecule has 2 aromatic carbocycles. The average molecular weight is 320 g/mol. The number of para-hydroxylation sites is 3. The minimum atomic E-state index is 0.787. The Morgan fingerprint density at radius 1 is 0.917 bits per heavy atom. The molecule has 122 valence electrons. The number of hydrogen-bond acceptors (Lipinski definition) is 3. The minimum Gasteiger partial charge on any atom is -0.343 e. The number of rotatable bonds is 4. The van der Waals surface area contributed by atoms with Crippen LogP contribution in [0.25, 0.3) is 16.7 Å². The highest BCUT2D eigenvalue weighted by molar-refractivity contribution is 5.78. The van der Waals surface area contributed by atoms with Crippen molar-refractivity contribution >= 4 is 17.4 Å². The lowest BCUT2D eigenvalue weighted by molar-refractivity contribution is -0.119. The van der Waals surface area contributed by atoms with Crippen LogP contribution in [-0.2, 0) is 11.3 Å². The van der Waals surface area contributed by atoms with Crippen molar-refractivity contribution < 1.29 is 4.79 Å². The Bertz CT molecular complexity index is 835. The van der Waals surface area contributed by atoms with Crippen molar-refractivity contribution in [3.63, 3.8) is 0 Å². The summed E-state index contributed by atoms with van der Waals surface area (Å²) in [5.74, 6) is 1.04. The molecule has 0 aliphatic carbocycles. The third-order valence-corrected chi connectivity index (χ3v) is 4.57. The fourth-order valence-electron chi connectivity index (χ4n) is 3.27. The summed E-state index contributed by atoms with van der Waals surface area (Å²) in [6.07, 6.45) is 0.941. The van der Waals surface area contributed by atoms with Gasteiger partial charge in [0.1, 0.15) is 5.82 Å². The Balaban J connectivity index is 1.69. The molecule has 0 bridgehead atoms. The van der Waals surface area contributed by atoms with Crippen molar-refractivity contribution in [2.45, 2.75) is 6.54 Å². The number of benzene rings is 2. The fraction of sp³-hybridized carbons (Fsp3) is 0.263. The number of hydrogen-bond donors (Lipinski definition) is 0. The number of carbonyl (C=O) groups is 1. The van der Waals surface area contributed by atoms with Gasteiger partial charge in [-0.25, -0.2) is 4.98 Å². The Morgan fingerprint density at radius 2 is 1.62 bits per heavy atom. The SMILES string of the molecule is O=CN1CCN(Cc2nc3ccccc3n2-c2ccccc2)CC1. The maximum absolute atomic E-state index is 10.9. The highest BCUT2D eigenvalue weighted by Crippen LogP contribution is 2.22. The number of nitrogens with zero attached hydrogens (tertiary/aromatic N) is 4.